The molecule has 2 N–H and O–H groups in total. The molecule has 2 unspecified atom stereocenters. The molecule has 3 nitrogen and oxygen atoms in total. The Morgan fingerprint density at radius 3 is 2.76 bits per heavy atom. The van der Waals surface area contributed by atoms with Gasteiger partial charge >= 0.3 is 0 Å². The number of fused-ring (bicyclic) bond motifs is 1. The molecule has 1 aromatic heterocycles. The molecule has 0 fully saturated rings. The van der Waals surface area contributed by atoms with Gasteiger partial charge in [0, 0.05) is 6.42 Å². The van der Waals surface area contributed by atoms with Crippen LogP contribution in [0.4, 0.5) is 0 Å². The lowest BCUT2D eigenvalue weighted by Gasteiger charge is -2.16. The van der Waals surface area contributed by atoms with Gasteiger partial charge in [-0.25, -0.2) is 0 Å². The smallest absolute Gasteiger partial charge is 0.125 e. The molecule has 1 aliphatic rings. The summed E-state index contributed by atoms with van der Waals surface area (Å²) in [5, 5.41) is 0. The highest BCUT2D eigenvalue weighted by molar-refractivity contribution is 5.38. The molecule has 3 heteroatoms. The number of para-hydroxylation sites is 1. The fraction of sp³-hybridized carbons (Fsp3) is 0.286. The third-order valence-electron chi connectivity index (χ3n) is 3.16. The summed E-state index contributed by atoms with van der Waals surface area (Å²) in [6.45, 7) is 1.92. The van der Waals surface area contributed by atoms with Crippen LogP contribution in [-0.2, 0) is 6.42 Å². The van der Waals surface area contributed by atoms with Crippen LogP contribution in [-0.4, -0.2) is 6.10 Å². The first kappa shape index (κ1) is 10.4. The fourth-order valence-electron chi connectivity index (χ4n) is 2.22. The molecule has 3 rings (SSSR count). The SMILES string of the molecule is Cc1ccc(C(N)C2Cc3ccccc3O2)o1. The number of hydrogen-bond donors (Lipinski definition) is 1. The number of benzene rings is 1. The van der Waals surface area contributed by atoms with Crippen molar-refractivity contribution in [1.82, 2.24) is 0 Å². The molecule has 2 atom stereocenters. The van der Waals surface area contributed by atoms with Crippen molar-refractivity contribution in [3.05, 3.63) is 53.5 Å². The molecule has 0 amide bonds. The van der Waals surface area contributed by atoms with E-state index in [1.54, 1.807) is 0 Å². The van der Waals surface area contributed by atoms with E-state index in [9.17, 15) is 0 Å². The van der Waals surface area contributed by atoms with Gasteiger partial charge in [0.1, 0.15) is 29.4 Å². The predicted molar refractivity (Wildman–Crippen MR) is 64.9 cm³/mol. The second-order valence-electron chi connectivity index (χ2n) is 4.44. The van der Waals surface area contributed by atoms with Gasteiger partial charge in [0.2, 0.25) is 0 Å². The second-order valence-corrected chi connectivity index (χ2v) is 4.44. The van der Waals surface area contributed by atoms with E-state index in [0.717, 1.165) is 23.7 Å². The van der Waals surface area contributed by atoms with Crippen LogP contribution in [0.5, 0.6) is 5.75 Å². The lowest BCUT2D eigenvalue weighted by atomic mass is 10.0. The minimum absolute atomic E-state index is 0.0297. The van der Waals surface area contributed by atoms with Crippen molar-refractivity contribution in [2.24, 2.45) is 5.73 Å². The Balaban J connectivity index is 1.80. The molecule has 0 bridgehead atoms. The number of rotatable bonds is 2. The summed E-state index contributed by atoms with van der Waals surface area (Å²) in [4.78, 5) is 0. The zero-order valence-corrected chi connectivity index (χ0v) is 9.72. The van der Waals surface area contributed by atoms with Crippen LogP contribution in [0.25, 0.3) is 0 Å². The zero-order chi connectivity index (χ0) is 11.8. The molecule has 0 radical (unpaired) electrons. The topological polar surface area (TPSA) is 48.4 Å². The molecule has 1 aromatic carbocycles. The summed E-state index contributed by atoms with van der Waals surface area (Å²) < 4.78 is 11.4. The monoisotopic (exact) mass is 229 g/mol. The van der Waals surface area contributed by atoms with E-state index in [0.29, 0.717) is 0 Å². The molecule has 2 heterocycles. The van der Waals surface area contributed by atoms with Gasteiger partial charge in [0.05, 0.1) is 0 Å². The van der Waals surface area contributed by atoms with E-state index in [1.165, 1.54) is 5.56 Å². The van der Waals surface area contributed by atoms with E-state index in [1.807, 2.05) is 37.3 Å². The fourth-order valence-corrected chi connectivity index (χ4v) is 2.22. The van der Waals surface area contributed by atoms with E-state index >= 15 is 0 Å². The quantitative estimate of drug-likeness (QED) is 0.861. The van der Waals surface area contributed by atoms with Gasteiger partial charge < -0.3 is 14.9 Å². The Morgan fingerprint density at radius 2 is 2.06 bits per heavy atom. The Kier molecular flexibility index (Phi) is 2.41. The van der Waals surface area contributed by atoms with Crippen molar-refractivity contribution >= 4 is 0 Å². The van der Waals surface area contributed by atoms with Gasteiger partial charge in [0.25, 0.3) is 0 Å². The highest BCUT2D eigenvalue weighted by atomic mass is 16.5. The van der Waals surface area contributed by atoms with Gasteiger partial charge in [-0.1, -0.05) is 18.2 Å². The first-order chi connectivity index (χ1) is 8.24. The maximum absolute atomic E-state index is 6.17. The van der Waals surface area contributed by atoms with Crippen LogP contribution >= 0.6 is 0 Å². The van der Waals surface area contributed by atoms with Gasteiger partial charge in [-0.3, -0.25) is 0 Å². The zero-order valence-electron chi connectivity index (χ0n) is 9.72. The summed E-state index contributed by atoms with van der Waals surface area (Å²) >= 11 is 0. The van der Waals surface area contributed by atoms with Gasteiger partial charge in [0.15, 0.2) is 0 Å². The average Bonchev–Trinajstić information content (AvgIpc) is 2.93. The normalized spacial score (nSPS) is 19.8. The Hall–Kier alpha value is -1.74. The Labute approximate surface area is 100 Å². The van der Waals surface area contributed by atoms with E-state index in [-0.39, 0.29) is 12.1 Å². The summed E-state index contributed by atoms with van der Waals surface area (Å²) in [5.74, 6) is 2.61. The predicted octanol–water partition coefficient (Wildman–Crippen LogP) is 2.59. The van der Waals surface area contributed by atoms with Crippen molar-refractivity contribution in [3.63, 3.8) is 0 Å². The number of hydrogen-bond acceptors (Lipinski definition) is 3. The van der Waals surface area contributed by atoms with Crippen molar-refractivity contribution in [3.8, 4) is 5.75 Å². The second kappa shape index (κ2) is 3.93. The van der Waals surface area contributed by atoms with Crippen molar-refractivity contribution in [2.75, 3.05) is 0 Å². The summed E-state index contributed by atoms with van der Waals surface area (Å²) in [7, 11) is 0. The van der Waals surface area contributed by atoms with Crippen LogP contribution in [0.15, 0.2) is 40.8 Å². The highest BCUT2D eigenvalue weighted by Crippen LogP contribution is 2.33. The van der Waals surface area contributed by atoms with Crippen LogP contribution < -0.4 is 10.5 Å². The number of furan rings is 1. The third kappa shape index (κ3) is 1.83. The molecule has 0 spiro atoms. The Bertz CT molecular complexity index is 508. The van der Waals surface area contributed by atoms with Gasteiger partial charge in [-0.05, 0) is 30.7 Å². The number of aryl methyl sites for hydroxylation is 1. The summed E-state index contributed by atoms with van der Waals surface area (Å²) in [5.41, 5.74) is 7.39. The summed E-state index contributed by atoms with van der Waals surface area (Å²) in [6.07, 6.45) is 0.815. The van der Waals surface area contributed by atoms with Gasteiger partial charge in [-0.15, -0.1) is 0 Å². The van der Waals surface area contributed by atoms with Gasteiger partial charge in [-0.2, -0.15) is 0 Å². The molecular formula is C14H15NO2. The molecule has 0 saturated heterocycles. The van der Waals surface area contributed by atoms with Crippen LogP contribution in [0.3, 0.4) is 0 Å². The molecule has 17 heavy (non-hydrogen) atoms. The standard InChI is InChI=1S/C14H15NO2/c1-9-6-7-12(16-9)14(15)13-8-10-4-2-3-5-11(10)17-13/h2-7,13-14H,8,15H2,1H3. The van der Waals surface area contributed by atoms with Crippen molar-refractivity contribution in [1.29, 1.82) is 0 Å². The number of nitrogens with two attached hydrogens (primary N) is 1. The molecule has 0 aliphatic carbocycles. The van der Waals surface area contributed by atoms with Crippen LogP contribution in [0.1, 0.15) is 23.1 Å². The molecular weight excluding hydrogens is 214 g/mol. The van der Waals surface area contributed by atoms with E-state index < -0.39 is 0 Å². The maximum Gasteiger partial charge on any atom is 0.125 e. The van der Waals surface area contributed by atoms with Crippen molar-refractivity contribution < 1.29 is 9.15 Å². The van der Waals surface area contributed by atoms with Crippen molar-refractivity contribution in [2.45, 2.75) is 25.5 Å². The average molecular weight is 229 g/mol. The first-order valence-electron chi connectivity index (χ1n) is 5.80. The minimum Gasteiger partial charge on any atom is -0.488 e. The molecule has 0 saturated carbocycles. The highest BCUT2D eigenvalue weighted by Gasteiger charge is 2.30. The molecule has 88 valence electrons. The Morgan fingerprint density at radius 1 is 1.24 bits per heavy atom. The lowest BCUT2D eigenvalue weighted by Crippen LogP contribution is -2.29. The maximum atomic E-state index is 6.17. The van der Waals surface area contributed by atoms with E-state index in [2.05, 4.69) is 6.07 Å². The molecule has 1 aliphatic heterocycles. The molecule has 2 aromatic rings. The van der Waals surface area contributed by atoms with E-state index in [4.69, 9.17) is 14.9 Å². The van der Waals surface area contributed by atoms with Crippen LogP contribution in [0.2, 0.25) is 0 Å². The number of ether oxygens (including phenoxy) is 1. The largest absolute Gasteiger partial charge is 0.488 e. The van der Waals surface area contributed by atoms with Crippen LogP contribution in [0, 0.1) is 6.92 Å². The first-order valence-corrected chi connectivity index (χ1v) is 5.80. The summed E-state index contributed by atoms with van der Waals surface area (Å²) in [6, 6.07) is 11.7. The lowest BCUT2D eigenvalue weighted by molar-refractivity contribution is 0.186. The minimum atomic E-state index is -0.212. The third-order valence-corrected chi connectivity index (χ3v) is 3.16.